The van der Waals surface area contributed by atoms with Crippen LogP contribution >= 0.6 is 0 Å². The second-order valence-electron chi connectivity index (χ2n) is 7.70. The molecule has 0 aromatic rings. The molecule has 1 aliphatic heterocycles. The molecule has 1 saturated heterocycles. The lowest BCUT2D eigenvalue weighted by Gasteiger charge is -2.30. The molecule has 4 atom stereocenters. The molecular weight excluding hydrogens is 360 g/mol. The molecule has 0 saturated carbocycles. The lowest BCUT2D eigenvalue weighted by atomic mass is 9.99. The van der Waals surface area contributed by atoms with Crippen molar-refractivity contribution < 1.29 is 19.1 Å². The topological polar surface area (TPSA) is 111 Å². The van der Waals surface area contributed by atoms with Crippen molar-refractivity contribution in [2.75, 3.05) is 52.6 Å². The monoisotopic (exact) mass is 400 g/mol. The standard InChI is InChI=1S/C20H40N4O4/c1-5-15(3)17(21)19(25)23-7-11-27-13-9-24(10-14-28-12-8-23)20(26)18(22)16(4)6-2/h15-18H,5-14,21-22H2,1-4H3/t15-,16+,17-,18-/m1/s1. The molecule has 1 rings (SSSR count). The van der Waals surface area contributed by atoms with Crippen LogP contribution in [-0.4, -0.2) is 86.3 Å². The van der Waals surface area contributed by atoms with E-state index in [2.05, 4.69) is 0 Å². The predicted octanol–water partition coefficient (Wildman–Crippen LogP) is 0.437. The number of ether oxygens (including phenoxy) is 2. The van der Waals surface area contributed by atoms with Crippen molar-refractivity contribution in [3.63, 3.8) is 0 Å². The number of carbonyl (C=O) groups is 2. The van der Waals surface area contributed by atoms with Crippen LogP contribution in [0.3, 0.4) is 0 Å². The van der Waals surface area contributed by atoms with E-state index in [1.165, 1.54) is 0 Å². The summed E-state index contributed by atoms with van der Waals surface area (Å²) in [6, 6.07) is -1.01. The molecule has 164 valence electrons. The first-order valence-electron chi connectivity index (χ1n) is 10.6. The Hall–Kier alpha value is -1.22. The number of amides is 2. The number of hydrogen-bond donors (Lipinski definition) is 2. The van der Waals surface area contributed by atoms with Gasteiger partial charge in [-0.1, -0.05) is 40.5 Å². The predicted molar refractivity (Wildman–Crippen MR) is 110 cm³/mol. The van der Waals surface area contributed by atoms with Crippen molar-refractivity contribution in [1.29, 1.82) is 0 Å². The normalized spacial score (nSPS) is 21.8. The first kappa shape index (κ1) is 24.8. The minimum Gasteiger partial charge on any atom is -0.378 e. The maximum absolute atomic E-state index is 12.6. The van der Waals surface area contributed by atoms with E-state index < -0.39 is 12.1 Å². The molecule has 4 N–H and O–H groups in total. The van der Waals surface area contributed by atoms with Crippen LogP contribution in [0, 0.1) is 11.8 Å². The molecule has 1 fully saturated rings. The first-order chi connectivity index (χ1) is 13.3. The number of nitrogens with zero attached hydrogens (tertiary/aromatic N) is 2. The molecule has 0 unspecified atom stereocenters. The SMILES string of the molecule is CC[C@@H](C)[C@@H](N)C(=O)N1CCOCCN(C(=O)[C@H](N)[C@@H](C)CC)CCOCC1. The Bertz CT molecular complexity index is 423. The van der Waals surface area contributed by atoms with Gasteiger partial charge in [-0.05, 0) is 11.8 Å². The van der Waals surface area contributed by atoms with E-state index in [1.807, 2.05) is 27.7 Å². The molecule has 8 nitrogen and oxygen atoms in total. The summed E-state index contributed by atoms with van der Waals surface area (Å²) in [4.78, 5) is 28.7. The Morgan fingerprint density at radius 3 is 1.29 bits per heavy atom. The van der Waals surface area contributed by atoms with Crippen LogP contribution in [0.4, 0.5) is 0 Å². The van der Waals surface area contributed by atoms with E-state index in [-0.39, 0.29) is 23.7 Å². The van der Waals surface area contributed by atoms with Gasteiger partial charge < -0.3 is 30.7 Å². The maximum atomic E-state index is 12.6. The molecule has 2 amide bonds. The molecule has 1 aliphatic rings. The average Bonchev–Trinajstić information content (AvgIpc) is 2.70. The van der Waals surface area contributed by atoms with Gasteiger partial charge in [0, 0.05) is 26.2 Å². The Labute approximate surface area is 169 Å². The maximum Gasteiger partial charge on any atom is 0.239 e. The van der Waals surface area contributed by atoms with Gasteiger partial charge in [-0.3, -0.25) is 9.59 Å². The Morgan fingerprint density at radius 2 is 1.04 bits per heavy atom. The highest BCUT2D eigenvalue weighted by molar-refractivity contribution is 5.82. The Balaban J connectivity index is 2.61. The lowest BCUT2D eigenvalue weighted by Crippen LogP contribution is -2.50. The van der Waals surface area contributed by atoms with Gasteiger partial charge in [-0.15, -0.1) is 0 Å². The molecule has 1 heterocycles. The third-order valence-electron chi connectivity index (χ3n) is 5.73. The number of nitrogens with two attached hydrogens (primary N) is 2. The van der Waals surface area contributed by atoms with Crippen molar-refractivity contribution in [3.8, 4) is 0 Å². The summed E-state index contributed by atoms with van der Waals surface area (Å²) in [5, 5.41) is 0. The highest BCUT2D eigenvalue weighted by Crippen LogP contribution is 2.10. The summed E-state index contributed by atoms with van der Waals surface area (Å²) in [5.41, 5.74) is 12.2. The van der Waals surface area contributed by atoms with Crippen LogP contribution in [-0.2, 0) is 19.1 Å². The van der Waals surface area contributed by atoms with Gasteiger partial charge in [0.05, 0.1) is 38.5 Å². The van der Waals surface area contributed by atoms with Gasteiger partial charge in [0.25, 0.3) is 0 Å². The summed E-state index contributed by atoms with van der Waals surface area (Å²) in [6.07, 6.45) is 1.72. The summed E-state index contributed by atoms with van der Waals surface area (Å²) < 4.78 is 11.4. The lowest BCUT2D eigenvalue weighted by molar-refractivity contribution is -0.137. The minimum absolute atomic E-state index is 0.0602. The smallest absolute Gasteiger partial charge is 0.239 e. The van der Waals surface area contributed by atoms with E-state index in [9.17, 15) is 9.59 Å². The third kappa shape index (κ3) is 7.66. The highest BCUT2D eigenvalue weighted by atomic mass is 16.5. The van der Waals surface area contributed by atoms with Gasteiger partial charge in [0.1, 0.15) is 0 Å². The summed E-state index contributed by atoms with van der Waals surface area (Å²) in [6.45, 7) is 11.5. The average molecular weight is 401 g/mol. The molecule has 0 aliphatic carbocycles. The van der Waals surface area contributed by atoms with E-state index in [0.29, 0.717) is 52.6 Å². The first-order valence-corrected chi connectivity index (χ1v) is 10.6. The zero-order valence-corrected chi connectivity index (χ0v) is 18.1. The molecular formula is C20H40N4O4. The van der Waals surface area contributed by atoms with Crippen molar-refractivity contribution >= 4 is 11.8 Å². The van der Waals surface area contributed by atoms with Crippen LogP contribution < -0.4 is 11.5 Å². The van der Waals surface area contributed by atoms with Crippen LogP contribution in [0.5, 0.6) is 0 Å². The zero-order valence-electron chi connectivity index (χ0n) is 18.1. The Kier molecular flexibility index (Phi) is 11.6. The van der Waals surface area contributed by atoms with E-state index >= 15 is 0 Å². The molecule has 0 aromatic heterocycles. The summed E-state index contributed by atoms with van der Waals surface area (Å²) >= 11 is 0. The van der Waals surface area contributed by atoms with E-state index in [1.54, 1.807) is 9.80 Å². The fourth-order valence-corrected chi connectivity index (χ4v) is 2.98. The van der Waals surface area contributed by atoms with Crippen LogP contribution in [0.1, 0.15) is 40.5 Å². The van der Waals surface area contributed by atoms with Crippen LogP contribution in [0.15, 0.2) is 0 Å². The second kappa shape index (κ2) is 13.1. The third-order valence-corrected chi connectivity index (χ3v) is 5.73. The molecule has 0 aromatic carbocycles. The Morgan fingerprint density at radius 1 is 0.750 bits per heavy atom. The molecule has 0 bridgehead atoms. The van der Waals surface area contributed by atoms with Gasteiger partial charge in [0.2, 0.25) is 11.8 Å². The highest BCUT2D eigenvalue weighted by Gasteiger charge is 2.26. The summed E-state index contributed by atoms with van der Waals surface area (Å²) in [7, 11) is 0. The van der Waals surface area contributed by atoms with Crippen molar-refractivity contribution in [3.05, 3.63) is 0 Å². The minimum atomic E-state index is -0.506. The van der Waals surface area contributed by atoms with Gasteiger partial charge >= 0.3 is 0 Å². The largest absolute Gasteiger partial charge is 0.378 e. The van der Waals surface area contributed by atoms with Gasteiger partial charge in [-0.25, -0.2) is 0 Å². The summed E-state index contributed by atoms with van der Waals surface area (Å²) in [5.74, 6) is 0.139. The molecule has 8 heteroatoms. The van der Waals surface area contributed by atoms with Crippen molar-refractivity contribution in [2.45, 2.75) is 52.6 Å². The fraction of sp³-hybridized carbons (Fsp3) is 0.900. The number of carbonyl (C=O) groups excluding carboxylic acids is 2. The zero-order chi connectivity index (χ0) is 21.1. The van der Waals surface area contributed by atoms with Gasteiger partial charge in [0.15, 0.2) is 0 Å². The molecule has 0 radical (unpaired) electrons. The molecule has 0 spiro atoms. The number of rotatable bonds is 6. The number of hydrogen-bond acceptors (Lipinski definition) is 6. The van der Waals surface area contributed by atoms with Crippen molar-refractivity contribution in [2.24, 2.45) is 23.3 Å². The van der Waals surface area contributed by atoms with Crippen molar-refractivity contribution in [1.82, 2.24) is 9.80 Å². The van der Waals surface area contributed by atoms with Crippen LogP contribution in [0.2, 0.25) is 0 Å². The fourth-order valence-electron chi connectivity index (χ4n) is 2.98. The van der Waals surface area contributed by atoms with E-state index in [0.717, 1.165) is 12.8 Å². The van der Waals surface area contributed by atoms with E-state index in [4.69, 9.17) is 20.9 Å². The molecule has 28 heavy (non-hydrogen) atoms. The van der Waals surface area contributed by atoms with Crippen LogP contribution in [0.25, 0.3) is 0 Å². The quantitative estimate of drug-likeness (QED) is 0.669. The second-order valence-corrected chi connectivity index (χ2v) is 7.70. The van der Waals surface area contributed by atoms with Gasteiger partial charge in [-0.2, -0.15) is 0 Å².